The zero-order valence-corrected chi connectivity index (χ0v) is 15.1. The number of nitrogens with one attached hydrogen (secondary N) is 1. The predicted molar refractivity (Wildman–Crippen MR) is 97.0 cm³/mol. The van der Waals surface area contributed by atoms with Gasteiger partial charge in [0, 0.05) is 17.6 Å². The van der Waals surface area contributed by atoms with Gasteiger partial charge in [0.25, 0.3) is 0 Å². The van der Waals surface area contributed by atoms with Gasteiger partial charge in [0.05, 0.1) is 29.9 Å². The second kappa shape index (κ2) is 6.84. The van der Waals surface area contributed by atoms with E-state index in [0.29, 0.717) is 13.1 Å². The lowest BCUT2D eigenvalue weighted by atomic mass is 10.2. The second-order valence-electron chi connectivity index (χ2n) is 6.18. The Hall–Kier alpha value is -2.03. The number of aryl methyl sites for hydroxylation is 2. The van der Waals surface area contributed by atoms with Gasteiger partial charge in [0.1, 0.15) is 17.0 Å². The maximum atomic E-state index is 10.0. The third-order valence-corrected chi connectivity index (χ3v) is 4.95. The van der Waals surface area contributed by atoms with Crippen molar-refractivity contribution in [2.45, 2.75) is 26.5 Å². The number of nitrogens with zero attached hydrogens (tertiary/aromatic N) is 5. The Kier molecular flexibility index (Phi) is 4.79. The summed E-state index contributed by atoms with van der Waals surface area (Å²) in [5.74, 6) is 0.787. The topological polar surface area (TPSA) is 79.1 Å². The molecule has 0 aliphatic carbocycles. The highest BCUT2D eigenvalue weighted by molar-refractivity contribution is 7.18. The van der Waals surface area contributed by atoms with E-state index in [2.05, 4.69) is 34.2 Å². The highest BCUT2D eigenvalue weighted by atomic mass is 32.1. The molecule has 24 heavy (non-hydrogen) atoms. The average molecular weight is 346 g/mol. The fourth-order valence-electron chi connectivity index (χ4n) is 2.64. The van der Waals surface area contributed by atoms with E-state index < -0.39 is 6.10 Å². The molecule has 0 bridgehead atoms. The Morgan fingerprint density at radius 2 is 2.12 bits per heavy atom. The number of likely N-dealkylation sites (N-methyl/N-ethyl adjacent to an activating group) is 1. The zero-order chi connectivity index (χ0) is 17.3. The molecule has 3 heterocycles. The van der Waals surface area contributed by atoms with Crippen LogP contribution in [-0.4, -0.2) is 56.5 Å². The summed E-state index contributed by atoms with van der Waals surface area (Å²) < 4.78 is 1.74. The van der Waals surface area contributed by atoms with Crippen LogP contribution in [-0.2, 0) is 6.54 Å². The van der Waals surface area contributed by atoms with Crippen molar-refractivity contribution in [3.05, 3.63) is 29.2 Å². The molecule has 3 rings (SSSR count). The molecule has 0 saturated heterocycles. The number of aliphatic hydroxyl groups excluding tert-OH is 1. The van der Waals surface area contributed by atoms with Gasteiger partial charge in [-0.2, -0.15) is 5.10 Å². The third kappa shape index (κ3) is 3.55. The minimum Gasteiger partial charge on any atom is -0.390 e. The van der Waals surface area contributed by atoms with Crippen LogP contribution in [0.3, 0.4) is 0 Å². The van der Waals surface area contributed by atoms with Crippen molar-refractivity contribution in [3.8, 4) is 0 Å². The van der Waals surface area contributed by atoms with E-state index in [-0.39, 0.29) is 0 Å². The normalized spacial score (nSPS) is 12.9. The number of thiophene rings is 1. The first-order valence-corrected chi connectivity index (χ1v) is 8.58. The van der Waals surface area contributed by atoms with Crippen molar-refractivity contribution in [2.75, 3.05) is 26.0 Å². The van der Waals surface area contributed by atoms with E-state index in [0.717, 1.165) is 21.7 Å². The second-order valence-corrected chi connectivity index (χ2v) is 7.38. The molecule has 1 atom stereocenters. The maximum absolute atomic E-state index is 10.0. The Morgan fingerprint density at radius 3 is 2.88 bits per heavy atom. The molecule has 0 aliphatic rings. The summed E-state index contributed by atoms with van der Waals surface area (Å²) in [5.41, 5.74) is 2.04. The Morgan fingerprint density at radius 1 is 1.33 bits per heavy atom. The lowest BCUT2D eigenvalue weighted by Gasteiger charge is -2.15. The van der Waals surface area contributed by atoms with Crippen molar-refractivity contribution >= 4 is 33.1 Å². The van der Waals surface area contributed by atoms with E-state index in [1.54, 1.807) is 28.5 Å². The van der Waals surface area contributed by atoms with Crippen molar-refractivity contribution in [1.82, 2.24) is 24.6 Å². The van der Waals surface area contributed by atoms with Gasteiger partial charge in [-0.15, -0.1) is 11.3 Å². The van der Waals surface area contributed by atoms with Gasteiger partial charge >= 0.3 is 0 Å². The zero-order valence-electron chi connectivity index (χ0n) is 14.3. The highest BCUT2D eigenvalue weighted by Gasteiger charge is 2.13. The molecule has 0 aromatic carbocycles. The van der Waals surface area contributed by atoms with Crippen molar-refractivity contribution < 1.29 is 5.11 Å². The summed E-state index contributed by atoms with van der Waals surface area (Å²) >= 11 is 1.67. The summed E-state index contributed by atoms with van der Waals surface area (Å²) in [6.45, 7) is 5.23. The van der Waals surface area contributed by atoms with Crippen LogP contribution in [0.1, 0.15) is 10.4 Å². The number of hydrogen-bond acceptors (Lipinski definition) is 7. The fraction of sp³-hybridized carbons (Fsp3) is 0.438. The molecule has 2 N–H and O–H groups in total. The van der Waals surface area contributed by atoms with Crippen LogP contribution in [0.2, 0.25) is 0 Å². The molecular weight excluding hydrogens is 324 g/mol. The van der Waals surface area contributed by atoms with Crippen molar-refractivity contribution in [1.29, 1.82) is 0 Å². The van der Waals surface area contributed by atoms with E-state index in [1.165, 1.54) is 10.4 Å². The minimum atomic E-state index is -0.458. The lowest BCUT2D eigenvalue weighted by Crippen LogP contribution is -2.29. The smallest absolute Gasteiger partial charge is 0.142 e. The van der Waals surface area contributed by atoms with E-state index in [4.69, 9.17) is 0 Å². The molecular formula is C16H22N6OS. The summed E-state index contributed by atoms with van der Waals surface area (Å²) in [4.78, 5) is 12.9. The fourth-order valence-corrected chi connectivity index (χ4v) is 3.63. The number of fused-ring (bicyclic) bond motifs is 1. The summed E-state index contributed by atoms with van der Waals surface area (Å²) in [7, 11) is 3.87. The first-order chi connectivity index (χ1) is 11.4. The van der Waals surface area contributed by atoms with Crippen LogP contribution in [0.25, 0.3) is 10.2 Å². The standard InChI is InChI=1S/C16H22N6OS/c1-10-11(2)24-16-14(10)15(17-9-18-16)20-12-5-19-22(6-12)8-13(23)7-21(3)4/h5-6,9,13,23H,7-8H2,1-4H3,(H,17,18,20)/t13-/m1/s1. The van der Waals surface area contributed by atoms with Gasteiger partial charge in [-0.25, -0.2) is 9.97 Å². The van der Waals surface area contributed by atoms with Crippen molar-refractivity contribution in [2.24, 2.45) is 0 Å². The molecule has 0 radical (unpaired) electrons. The van der Waals surface area contributed by atoms with Gasteiger partial charge in [-0.05, 0) is 33.5 Å². The number of aromatic nitrogens is 4. The maximum Gasteiger partial charge on any atom is 0.142 e. The van der Waals surface area contributed by atoms with Gasteiger partial charge in [0.2, 0.25) is 0 Å². The van der Waals surface area contributed by atoms with Crippen molar-refractivity contribution in [3.63, 3.8) is 0 Å². The quantitative estimate of drug-likeness (QED) is 0.712. The van der Waals surface area contributed by atoms with Crippen LogP contribution in [0.15, 0.2) is 18.7 Å². The molecule has 8 heteroatoms. The molecule has 0 spiro atoms. The Labute approximate surface area is 145 Å². The lowest BCUT2D eigenvalue weighted by molar-refractivity contribution is 0.116. The summed E-state index contributed by atoms with van der Waals surface area (Å²) in [5, 5.41) is 18.7. The molecule has 7 nitrogen and oxygen atoms in total. The predicted octanol–water partition coefficient (Wildman–Crippen LogP) is 2.17. The van der Waals surface area contributed by atoms with Crippen LogP contribution >= 0.6 is 11.3 Å². The van der Waals surface area contributed by atoms with Gasteiger partial charge in [0.15, 0.2) is 0 Å². The van der Waals surface area contributed by atoms with Gasteiger partial charge in [-0.3, -0.25) is 4.68 Å². The van der Waals surface area contributed by atoms with E-state index in [9.17, 15) is 5.11 Å². The summed E-state index contributed by atoms with van der Waals surface area (Å²) in [6, 6.07) is 0. The van der Waals surface area contributed by atoms with Crippen LogP contribution in [0.5, 0.6) is 0 Å². The number of aliphatic hydroxyl groups is 1. The molecule has 0 aliphatic heterocycles. The first-order valence-electron chi connectivity index (χ1n) is 7.77. The number of hydrogen-bond donors (Lipinski definition) is 2. The van der Waals surface area contributed by atoms with E-state index in [1.807, 2.05) is 25.2 Å². The molecule has 0 saturated carbocycles. The minimum absolute atomic E-state index is 0.454. The summed E-state index contributed by atoms with van der Waals surface area (Å²) in [6.07, 6.45) is 4.73. The number of rotatable bonds is 6. The van der Waals surface area contributed by atoms with E-state index >= 15 is 0 Å². The molecule has 0 fully saturated rings. The van der Waals surface area contributed by atoms with Crippen LogP contribution < -0.4 is 5.32 Å². The Balaban J connectivity index is 1.78. The molecule has 0 amide bonds. The molecule has 3 aromatic rings. The number of anilines is 2. The molecule has 128 valence electrons. The van der Waals surface area contributed by atoms with Gasteiger partial charge < -0.3 is 15.3 Å². The molecule has 3 aromatic heterocycles. The first kappa shape index (κ1) is 16.8. The third-order valence-electron chi connectivity index (χ3n) is 3.84. The molecule has 0 unspecified atom stereocenters. The SMILES string of the molecule is Cc1sc2ncnc(Nc3cnn(C[C@H](O)CN(C)C)c3)c2c1C. The van der Waals surface area contributed by atoms with Crippen LogP contribution in [0, 0.1) is 13.8 Å². The van der Waals surface area contributed by atoms with Gasteiger partial charge in [-0.1, -0.05) is 0 Å². The monoisotopic (exact) mass is 346 g/mol. The highest BCUT2D eigenvalue weighted by Crippen LogP contribution is 2.33. The van der Waals surface area contributed by atoms with Crippen LogP contribution in [0.4, 0.5) is 11.5 Å². The Bertz CT molecular complexity index is 840. The largest absolute Gasteiger partial charge is 0.390 e. The average Bonchev–Trinajstić information content (AvgIpc) is 3.04.